The van der Waals surface area contributed by atoms with Crippen LogP contribution in [-0.2, 0) is 13.6 Å². The normalized spacial score (nSPS) is 10.6. The molecule has 6 heteroatoms. The number of rotatable bonds is 2. The maximum Gasteiger partial charge on any atom is 0.331 e. The molecule has 1 heterocycles. The van der Waals surface area contributed by atoms with Crippen LogP contribution in [0.3, 0.4) is 0 Å². The predicted molar refractivity (Wildman–Crippen MR) is 65.9 cm³/mol. The molecule has 0 fully saturated rings. The summed E-state index contributed by atoms with van der Waals surface area (Å²) in [6, 6.07) is 5.49. The number of hydrogen-bond donors (Lipinski definition) is 1. The van der Waals surface area contributed by atoms with Crippen molar-refractivity contribution in [2.24, 2.45) is 7.05 Å². The van der Waals surface area contributed by atoms with E-state index >= 15 is 0 Å². The van der Waals surface area contributed by atoms with E-state index in [-0.39, 0.29) is 12.2 Å². The second kappa shape index (κ2) is 4.48. The van der Waals surface area contributed by atoms with E-state index in [0.717, 1.165) is 4.57 Å². The molecule has 94 valence electrons. The van der Waals surface area contributed by atoms with Gasteiger partial charge in [-0.25, -0.2) is 9.18 Å². The average Bonchev–Trinajstić information content (AvgIpc) is 2.34. The summed E-state index contributed by atoms with van der Waals surface area (Å²) < 4.78 is 15.6. The van der Waals surface area contributed by atoms with E-state index in [9.17, 15) is 14.0 Å². The minimum absolute atomic E-state index is 0.0174. The second-order valence-corrected chi connectivity index (χ2v) is 3.99. The Balaban J connectivity index is 2.46. The lowest BCUT2D eigenvalue weighted by molar-refractivity contribution is 0.616. The Morgan fingerprint density at radius 3 is 2.67 bits per heavy atom. The first-order chi connectivity index (χ1) is 8.49. The predicted octanol–water partition coefficient (Wildman–Crippen LogP) is 0.317. The van der Waals surface area contributed by atoms with Gasteiger partial charge in [-0.3, -0.25) is 9.36 Å². The van der Waals surface area contributed by atoms with E-state index < -0.39 is 17.1 Å². The van der Waals surface area contributed by atoms with Crippen LogP contribution >= 0.6 is 0 Å². The average molecular weight is 249 g/mol. The van der Waals surface area contributed by atoms with Crippen LogP contribution in [0.15, 0.2) is 40.1 Å². The van der Waals surface area contributed by atoms with Gasteiger partial charge in [-0.05, 0) is 17.7 Å². The number of nitrogens with two attached hydrogens (primary N) is 1. The first kappa shape index (κ1) is 12.1. The zero-order chi connectivity index (χ0) is 13.3. The topological polar surface area (TPSA) is 70.0 Å². The van der Waals surface area contributed by atoms with E-state index in [4.69, 9.17) is 5.73 Å². The summed E-state index contributed by atoms with van der Waals surface area (Å²) in [5, 5.41) is 0. The molecule has 0 bridgehead atoms. The zero-order valence-corrected chi connectivity index (χ0v) is 9.76. The van der Waals surface area contributed by atoms with Crippen LogP contribution in [0.5, 0.6) is 0 Å². The Morgan fingerprint density at radius 1 is 1.28 bits per heavy atom. The van der Waals surface area contributed by atoms with E-state index in [1.807, 2.05) is 0 Å². The molecule has 0 unspecified atom stereocenters. The van der Waals surface area contributed by atoms with Gasteiger partial charge >= 0.3 is 5.69 Å². The smallest absolute Gasteiger partial charge is 0.331 e. The van der Waals surface area contributed by atoms with Crippen molar-refractivity contribution in [3.05, 3.63) is 62.7 Å². The monoisotopic (exact) mass is 249 g/mol. The second-order valence-electron chi connectivity index (χ2n) is 3.99. The molecule has 2 rings (SSSR count). The summed E-state index contributed by atoms with van der Waals surface area (Å²) in [5.41, 5.74) is 5.03. The highest BCUT2D eigenvalue weighted by atomic mass is 19.1. The van der Waals surface area contributed by atoms with Crippen LogP contribution in [0.25, 0.3) is 0 Å². The van der Waals surface area contributed by atoms with Crippen molar-refractivity contribution in [3.8, 4) is 0 Å². The molecule has 0 radical (unpaired) electrons. The van der Waals surface area contributed by atoms with Crippen molar-refractivity contribution >= 4 is 5.69 Å². The molecule has 2 N–H and O–H groups in total. The quantitative estimate of drug-likeness (QED) is 0.779. The number of aryl methyl sites for hydroxylation is 1. The molecular formula is C12H12FN3O2. The van der Waals surface area contributed by atoms with Crippen LogP contribution in [0.2, 0.25) is 0 Å². The Hall–Kier alpha value is -2.37. The number of anilines is 1. The molecule has 0 saturated carbocycles. The lowest BCUT2D eigenvalue weighted by Gasteiger charge is -2.07. The van der Waals surface area contributed by atoms with Gasteiger partial charge in [0.1, 0.15) is 5.82 Å². The standard InChI is InChI=1S/C12H12FN3O2/c1-15-5-4-11(17)16(12(15)18)7-8-2-3-10(14)9(13)6-8/h2-6H,7,14H2,1H3. The number of benzene rings is 1. The van der Waals surface area contributed by atoms with E-state index in [0.29, 0.717) is 5.56 Å². The molecule has 2 aromatic rings. The highest BCUT2D eigenvalue weighted by Crippen LogP contribution is 2.11. The first-order valence-corrected chi connectivity index (χ1v) is 5.29. The summed E-state index contributed by atoms with van der Waals surface area (Å²) >= 11 is 0. The van der Waals surface area contributed by atoms with E-state index in [1.165, 1.54) is 29.0 Å². The minimum atomic E-state index is -0.562. The molecule has 0 saturated heterocycles. The fourth-order valence-electron chi connectivity index (χ4n) is 1.61. The van der Waals surface area contributed by atoms with Gasteiger partial charge in [-0.2, -0.15) is 0 Å². The number of nitrogens with zero attached hydrogens (tertiary/aromatic N) is 2. The third-order valence-electron chi connectivity index (χ3n) is 2.64. The van der Waals surface area contributed by atoms with Gasteiger partial charge in [-0.15, -0.1) is 0 Å². The van der Waals surface area contributed by atoms with Gasteiger partial charge in [0.2, 0.25) is 0 Å². The Labute approximate surface area is 102 Å². The lowest BCUT2D eigenvalue weighted by Crippen LogP contribution is -2.38. The van der Waals surface area contributed by atoms with Gasteiger partial charge in [0.25, 0.3) is 5.56 Å². The van der Waals surface area contributed by atoms with Crippen molar-refractivity contribution in [1.82, 2.24) is 9.13 Å². The van der Waals surface area contributed by atoms with Crippen LogP contribution in [0.1, 0.15) is 5.56 Å². The molecule has 1 aromatic carbocycles. The third-order valence-corrected chi connectivity index (χ3v) is 2.64. The Morgan fingerprint density at radius 2 is 2.00 bits per heavy atom. The highest BCUT2D eigenvalue weighted by Gasteiger charge is 2.06. The summed E-state index contributed by atoms with van der Waals surface area (Å²) in [6.45, 7) is 0.0174. The van der Waals surface area contributed by atoms with Crippen molar-refractivity contribution in [2.75, 3.05) is 5.73 Å². The zero-order valence-electron chi connectivity index (χ0n) is 9.76. The maximum atomic E-state index is 13.3. The van der Waals surface area contributed by atoms with Gasteiger partial charge in [0.15, 0.2) is 0 Å². The number of halogens is 1. The van der Waals surface area contributed by atoms with Crippen molar-refractivity contribution in [1.29, 1.82) is 0 Å². The highest BCUT2D eigenvalue weighted by molar-refractivity contribution is 5.41. The minimum Gasteiger partial charge on any atom is -0.396 e. The van der Waals surface area contributed by atoms with Gasteiger partial charge in [0.05, 0.1) is 12.2 Å². The molecule has 0 spiro atoms. The summed E-state index contributed by atoms with van der Waals surface area (Å²) in [7, 11) is 1.54. The molecule has 18 heavy (non-hydrogen) atoms. The van der Waals surface area contributed by atoms with Crippen molar-refractivity contribution in [3.63, 3.8) is 0 Å². The van der Waals surface area contributed by atoms with E-state index in [2.05, 4.69) is 0 Å². The van der Waals surface area contributed by atoms with Gasteiger partial charge in [-0.1, -0.05) is 6.07 Å². The summed E-state index contributed by atoms with van der Waals surface area (Å²) in [5.74, 6) is -0.562. The van der Waals surface area contributed by atoms with Crippen molar-refractivity contribution < 1.29 is 4.39 Å². The maximum absolute atomic E-state index is 13.3. The molecule has 5 nitrogen and oxygen atoms in total. The number of aromatic nitrogens is 2. The van der Waals surface area contributed by atoms with Crippen LogP contribution in [0, 0.1) is 5.82 Å². The summed E-state index contributed by atoms with van der Waals surface area (Å²) in [4.78, 5) is 23.3. The lowest BCUT2D eigenvalue weighted by atomic mass is 10.2. The van der Waals surface area contributed by atoms with Crippen LogP contribution in [-0.4, -0.2) is 9.13 Å². The van der Waals surface area contributed by atoms with Crippen molar-refractivity contribution in [2.45, 2.75) is 6.54 Å². The SMILES string of the molecule is Cn1ccc(=O)n(Cc2ccc(N)c(F)c2)c1=O. The molecule has 0 atom stereocenters. The summed E-state index contributed by atoms with van der Waals surface area (Å²) in [6.07, 6.45) is 1.39. The fraction of sp³-hybridized carbons (Fsp3) is 0.167. The fourth-order valence-corrected chi connectivity index (χ4v) is 1.61. The molecule has 0 aliphatic rings. The van der Waals surface area contributed by atoms with Crippen LogP contribution < -0.4 is 17.0 Å². The van der Waals surface area contributed by atoms with E-state index in [1.54, 1.807) is 13.1 Å². The van der Waals surface area contributed by atoms with Gasteiger partial charge < -0.3 is 10.3 Å². The number of hydrogen-bond acceptors (Lipinski definition) is 3. The Bertz CT molecular complexity index is 703. The molecule has 0 amide bonds. The molecule has 0 aliphatic carbocycles. The molecule has 1 aromatic heterocycles. The molecule has 0 aliphatic heterocycles. The van der Waals surface area contributed by atoms with Gasteiger partial charge in [0, 0.05) is 19.3 Å². The third kappa shape index (κ3) is 2.17. The van der Waals surface area contributed by atoms with Crippen LogP contribution in [0.4, 0.5) is 10.1 Å². The largest absolute Gasteiger partial charge is 0.396 e. The first-order valence-electron chi connectivity index (χ1n) is 5.29. The molecular weight excluding hydrogens is 237 g/mol. The number of nitrogen functional groups attached to an aromatic ring is 1. The Kier molecular flexibility index (Phi) is 3.01.